The van der Waals surface area contributed by atoms with Crippen molar-refractivity contribution >= 4 is 17.8 Å². The normalized spacial score (nSPS) is 12.4. The number of hydrogen-bond acceptors (Lipinski definition) is 4. The Balaban J connectivity index is 4.13. The number of amides is 1. The number of carbonyl (C=O) groups excluding carboxylic acids is 2. The highest BCUT2D eigenvalue weighted by atomic mass is 16.5. The molecule has 1 atom stereocenters. The molecule has 0 aliphatic heterocycles. The number of hydrogen-bond donors (Lipinski definition) is 2. The van der Waals surface area contributed by atoms with Gasteiger partial charge >= 0.3 is 11.9 Å². The van der Waals surface area contributed by atoms with E-state index in [4.69, 9.17) is 9.84 Å². The third kappa shape index (κ3) is 38.4. The van der Waals surface area contributed by atoms with E-state index < -0.39 is 5.97 Å². The lowest BCUT2D eigenvalue weighted by Crippen LogP contribution is -2.28. The molecular weight excluding hydrogens is 622 g/mol. The SMILES string of the molecule is CCCCCC/C=C\C/C=C\CCCCCCCCCC(=O)OC(/C=C\CCCCCCCCC)CCCCCCCCC(=O)NCC(=O)O. The molecule has 0 aliphatic rings. The van der Waals surface area contributed by atoms with Crippen LogP contribution < -0.4 is 5.32 Å². The van der Waals surface area contributed by atoms with E-state index in [2.05, 4.69) is 55.6 Å². The molecule has 6 heteroatoms. The number of aliphatic carboxylic acids is 1. The Labute approximate surface area is 308 Å². The summed E-state index contributed by atoms with van der Waals surface area (Å²) >= 11 is 0. The van der Waals surface area contributed by atoms with Crippen molar-refractivity contribution in [2.75, 3.05) is 6.54 Å². The molecule has 6 nitrogen and oxygen atoms in total. The first-order valence-corrected chi connectivity index (χ1v) is 21.1. The number of esters is 1. The summed E-state index contributed by atoms with van der Waals surface area (Å²) < 4.78 is 5.94. The minimum Gasteiger partial charge on any atom is -0.480 e. The maximum atomic E-state index is 12.7. The van der Waals surface area contributed by atoms with Crippen molar-refractivity contribution in [2.45, 2.75) is 219 Å². The average molecular weight is 702 g/mol. The monoisotopic (exact) mass is 702 g/mol. The van der Waals surface area contributed by atoms with Crippen molar-refractivity contribution in [1.29, 1.82) is 0 Å². The van der Waals surface area contributed by atoms with Gasteiger partial charge in [-0.1, -0.05) is 160 Å². The highest BCUT2D eigenvalue weighted by molar-refractivity contribution is 5.80. The Morgan fingerprint density at radius 3 is 1.52 bits per heavy atom. The van der Waals surface area contributed by atoms with Crippen molar-refractivity contribution < 1.29 is 24.2 Å². The van der Waals surface area contributed by atoms with Crippen LogP contribution >= 0.6 is 0 Å². The number of rotatable bonds is 38. The molecule has 2 N–H and O–H groups in total. The second-order valence-corrected chi connectivity index (χ2v) is 14.2. The molecule has 50 heavy (non-hydrogen) atoms. The largest absolute Gasteiger partial charge is 0.480 e. The Morgan fingerprint density at radius 2 is 0.980 bits per heavy atom. The lowest BCUT2D eigenvalue weighted by atomic mass is 10.0. The molecule has 290 valence electrons. The summed E-state index contributed by atoms with van der Waals surface area (Å²) in [5.74, 6) is -1.27. The molecule has 0 fully saturated rings. The third-order valence-corrected chi connectivity index (χ3v) is 9.27. The van der Waals surface area contributed by atoms with Crippen LogP contribution in [0.4, 0.5) is 0 Å². The highest BCUT2D eigenvalue weighted by Crippen LogP contribution is 2.16. The van der Waals surface area contributed by atoms with Gasteiger partial charge in [0.1, 0.15) is 12.6 Å². The Hall–Kier alpha value is -2.37. The van der Waals surface area contributed by atoms with E-state index in [0.717, 1.165) is 70.6 Å². The van der Waals surface area contributed by atoms with Gasteiger partial charge in [-0.05, 0) is 76.7 Å². The van der Waals surface area contributed by atoms with E-state index in [1.165, 1.54) is 116 Å². The molecule has 0 rings (SSSR count). The summed E-state index contributed by atoms with van der Waals surface area (Å²) in [7, 11) is 0. The van der Waals surface area contributed by atoms with Gasteiger partial charge in [-0.25, -0.2) is 0 Å². The van der Waals surface area contributed by atoms with Crippen molar-refractivity contribution in [1.82, 2.24) is 5.32 Å². The fourth-order valence-corrected chi connectivity index (χ4v) is 6.10. The van der Waals surface area contributed by atoms with Crippen LogP contribution in [0.5, 0.6) is 0 Å². The number of carboxylic acid groups (broad SMARTS) is 1. The predicted octanol–water partition coefficient (Wildman–Crippen LogP) is 12.9. The van der Waals surface area contributed by atoms with Gasteiger partial charge in [0.2, 0.25) is 5.91 Å². The van der Waals surface area contributed by atoms with E-state index in [1.54, 1.807) is 0 Å². The minimum absolute atomic E-state index is 0.0603. The molecule has 0 aromatic rings. The molecular formula is C44H79NO5. The molecule has 0 aliphatic carbocycles. The second-order valence-electron chi connectivity index (χ2n) is 14.2. The first-order chi connectivity index (χ1) is 24.5. The van der Waals surface area contributed by atoms with E-state index in [1.807, 2.05) is 0 Å². The quantitative estimate of drug-likeness (QED) is 0.0380. The molecule has 0 heterocycles. The number of allylic oxidation sites excluding steroid dienone is 5. The number of unbranched alkanes of at least 4 members (excludes halogenated alkanes) is 23. The average Bonchev–Trinajstić information content (AvgIpc) is 3.10. The zero-order valence-electron chi connectivity index (χ0n) is 32.7. The summed E-state index contributed by atoms with van der Waals surface area (Å²) in [5.41, 5.74) is 0. The van der Waals surface area contributed by atoms with E-state index >= 15 is 0 Å². The minimum atomic E-state index is -1.02. The van der Waals surface area contributed by atoms with E-state index in [0.29, 0.717) is 12.8 Å². The van der Waals surface area contributed by atoms with E-state index in [9.17, 15) is 14.4 Å². The van der Waals surface area contributed by atoms with Gasteiger partial charge in [0.05, 0.1) is 0 Å². The molecule has 1 amide bonds. The zero-order chi connectivity index (χ0) is 36.6. The Bertz CT molecular complexity index is 864. The molecule has 0 radical (unpaired) electrons. The van der Waals surface area contributed by atoms with E-state index in [-0.39, 0.29) is 24.5 Å². The molecule has 0 aromatic heterocycles. The first-order valence-electron chi connectivity index (χ1n) is 21.1. The van der Waals surface area contributed by atoms with Crippen molar-refractivity contribution in [3.8, 4) is 0 Å². The number of nitrogens with one attached hydrogen (secondary N) is 1. The molecule has 0 spiro atoms. The van der Waals surface area contributed by atoms with Gasteiger partial charge in [-0.3, -0.25) is 14.4 Å². The summed E-state index contributed by atoms with van der Waals surface area (Å²) in [6, 6.07) is 0. The van der Waals surface area contributed by atoms with Crippen LogP contribution in [0.25, 0.3) is 0 Å². The summed E-state index contributed by atoms with van der Waals surface area (Å²) in [6.07, 6.45) is 48.5. The van der Waals surface area contributed by atoms with Crippen LogP contribution in [0.15, 0.2) is 36.5 Å². The molecule has 0 aromatic carbocycles. The molecule has 1 unspecified atom stereocenters. The van der Waals surface area contributed by atoms with Crippen LogP contribution in [0, 0.1) is 0 Å². The van der Waals surface area contributed by atoms with Gasteiger partial charge in [0, 0.05) is 12.8 Å². The van der Waals surface area contributed by atoms with Gasteiger partial charge < -0.3 is 15.2 Å². The standard InChI is InChI=1S/C44H79NO5/c1-3-5-7-9-11-13-14-15-16-17-18-19-20-21-23-25-31-35-39-44(49)50-41(36-32-28-24-22-12-10-8-6-4-2)37-33-29-26-27-30-34-38-42(46)45-40-43(47)48/h13-14,16-17,32,36,41H,3-12,15,18-31,33-35,37-40H2,1-2H3,(H,45,46)(H,47,48)/b14-13-,17-16-,36-32-. The van der Waals surface area contributed by atoms with Crippen LogP contribution in [0.3, 0.4) is 0 Å². The fraction of sp³-hybridized carbons (Fsp3) is 0.795. The van der Waals surface area contributed by atoms with Crippen LogP contribution in [-0.2, 0) is 19.1 Å². The highest BCUT2D eigenvalue weighted by Gasteiger charge is 2.11. The van der Waals surface area contributed by atoms with Crippen LogP contribution in [-0.4, -0.2) is 35.6 Å². The number of carbonyl (C=O) groups is 3. The molecule has 0 bridgehead atoms. The predicted molar refractivity (Wildman–Crippen MR) is 212 cm³/mol. The number of ether oxygens (including phenoxy) is 1. The maximum absolute atomic E-state index is 12.7. The Morgan fingerprint density at radius 1 is 0.540 bits per heavy atom. The summed E-state index contributed by atoms with van der Waals surface area (Å²) in [4.78, 5) is 34.9. The first kappa shape index (κ1) is 47.6. The van der Waals surface area contributed by atoms with Crippen molar-refractivity contribution in [2.24, 2.45) is 0 Å². The zero-order valence-corrected chi connectivity index (χ0v) is 32.7. The van der Waals surface area contributed by atoms with Crippen LogP contribution in [0.2, 0.25) is 0 Å². The summed E-state index contributed by atoms with van der Waals surface area (Å²) in [5, 5.41) is 11.1. The fourth-order valence-electron chi connectivity index (χ4n) is 6.10. The van der Waals surface area contributed by atoms with Gasteiger partial charge in [0.15, 0.2) is 0 Å². The smallest absolute Gasteiger partial charge is 0.322 e. The molecule has 0 saturated carbocycles. The van der Waals surface area contributed by atoms with Crippen molar-refractivity contribution in [3.05, 3.63) is 36.5 Å². The van der Waals surface area contributed by atoms with Crippen molar-refractivity contribution in [3.63, 3.8) is 0 Å². The second kappa shape index (κ2) is 39.4. The van der Waals surface area contributed by atoms with Gasteiger partial charge in [-0.15, -0.1) is 0 Å². The third-order valence-electron chi connectivity index (χ3n) is 9.27. The van der Waals surface area contributed by atoms with Crippen LogP contribution in [0.1, 0.15) is 213 Å². The molecule has 0 saturated heterocycles. The maximum Gasteiger partial charge on any atom is 0.322 e. The number of carboxylic acids is 1. The van der Waals surface area contributed by atoms with Gasteiger partial charge in [0.25, 0.3) is 0 Å². The lowest BCUT2D eigenvalue weighted by Gasteiger charge is -2.15. The Kier molecular flexibility index (Phi) is 37.5. The lowest BCUT2D eigenvalue weighted by molar-refractivity contribution is -0.147. The summed E-state index contributed by atoms with van der Waals surface area (Å²) in [6.45, 7) is 4.20. The topological polar surface area (TPSA) is 92.7 Å². The van der Waals surface area contributed by atoms with Gasteiger partial charge in [-0.2, -0.15) is 0 Å².